The molecule has 1 atom stereocenters. The van der Waals surface area contributed by atoms with Gasteiger partial charge in [0, 0.05) is 24.3 Å². The number of nitrogens with zero attached hydrogens (tertiary/aromatic N) is 1. The number of hydrogen-bond acceptors (Lipinski definition) is 4. The van der Waals surface area contributed by atoms with Crippen LogP contribution in [0, 0.1) is 0 Å². The average Bonchev–Trinajstić information content (AvgIpc) is 2.40. The van der Waals surface area contributed by atoms with E-state index in [1.54, 1.807) is 18.3 Å². The standard InChI is InChI=1S/C14H21N3O2/c1-2-12(18)9-16-14(19)10-6-7-15-13(8-10)17-11-4-3-5-11/h6-8,11-12,18H,2-5,9H2,1H3,(H,15,17)(H,16,19)/t12-/m1/s1. The number of rotatable bonds is 6. The number of hydrogen-bond donors (Lipinski definition) is 3. The van der Waals surface area contributed by atoms with Crippen LogP contribution >= 0.6 is 0 Å². The second-order valence-corrected chi connectivity index (χ2v) is 4.97. The maximum atomic E-state index is 11.9. The van der Waals surface area contributed by atoms with Crippen molar-refractivity contribution in [1.29, 1.82) is 0 Å². The Kier molecular flexibility index (Phi) is 4.74. The second-order valence-electron chi connectivity index (χ2n) is 4.97. The Labute approximate surface area is 113 Å². The van der Waals surface area contributed by atoms with Crippen LogP contribution in [0.2, 0.25) is 0 Å². The lowest BCUT2D eigenvalue weighted by atomic mass is 9.93. The molecule has 1 fully saturated rings. The summed E-state index contributed by atoms with van der Waals surface area (Å²) in [5.41, 5.74) is 0.570. The number of carbonyl (C=O) groups is 1. The highest BCUT2D eigenvalue weighted by Gasteiger charge is 2.17. The first-order valence-electron chi connectivity index (χ1n) is 6.88. The number of aliphatic hydroxyl groups excluding tert-OH is 1. The Bertz CT molecular complexity index is 432. The van der Waals surface area contributed by atoms with Crippen LogP contribution < -0.4 is 10.6 Å². The van der Waals surface area contributed by atoms with Gasteiger partial charge in [-0.15, -0.1) is 0 Å². The summed E-state index contributed by atoms with van der Waals surface area (Å²) in [5, 5.41) is 15.5. The molecule has 19 heavy (non-hydrogen) atoms. The van der Waals surface area contributed by atoms with Crippen molar-refractivity contribution in [2.75, 3.05) is 11.9 Å². The lowest BCUT2D eigenvalue weighted by molar-refractivity contribution is 0.0914. The monoisotopic (exact) mass is 263 g/mol. The molecule has 0 unspecified atom stereocenters. The van der Waals surface area contributed by atoms with Gasteiger partial charge in [0.1, 0.15) is 5.82 Å². The van der Waals surface area contributed by atoms with E-state index in [0.29, 0.717) is 18.0 Å². The van der Waals surface area contributed by atoms with Gasteiger partial charge in [-0.2, -0.15) is 0 Å². The summed E-state index contributed by atoms with van der Waals surface area (Å²) in [4.78, 5) is 16.1. The van der Waals surface area contributed by atoms with Crippen LogP contribution in [0.1, 0.15) is 43.0 Å². The van der Waals surface area contributed by atoms with E-state index < -0.39 is 6.10 Å². The Hall–Kier alpha value is -1.62. The van der Waals surface area contributed by atoms with Crippen LogP contribution in [0.4, 0.5) is 5.82 Å². The zero-order valence-electron chi connectivity index (χ0n) is 11.2. The molecule has 1 aromatic heterocycles. The molecule has 1 aliphatic rings. The summed E-state index contributed by atoms with van der Waals surface area (Å²) < 4.78 is 0. The molecular weight excluding hydrogens is 242 g/mol. The van der Waals surface area contributed by atoms with E-state index in [9.17, 15) is 9.90 Å². The number of anilines is 1. The molecular formula is C14H21N3O2. The number of pyridine rings is 1. The minimum Gasteiger partial charge on any atom is -0.391 e. The summed E-state index contributed by atoms with van der Waals surface area (Å²) >= 11 is 0. The van der Waals surface area contributed by atoms with Crippen LogP contribution in [0.3, 0.4) is 0 Å². The van der Waals surface area contributed by atoms with Crippen LogP contribution in [-0.4, -0.2) is 34.7 Å². The lowest BCUT2D eigenvalue weighted by Gasteiger charge is -2.26. The molecule has 0 saturated heterocycles. The van der Waals surface area contributed by atoms with Crippen molar-refractivity contribution < 1.29 is 9.90 Å². The number of carbonyl (C=O) groups excluding carboxylic acids is 1. The third kappa shape index (κ3) is 3.92. The highest BCUT2D eigenvalue weighted by atomic mass is 16.3. The van der Waals surface area contributed by atoms with E-state index in [0.717, 1.165) is 5.82 Å². The van der Waals surface area contributed by atoms with Gasteiger partial charge in [0.25, 0.3) is 5.91 Å². The molecule has 0 radical (unpaired) electrons. The van der Waals surface area contributed by atoms with E-state index >= 15 is 0 Å². The van der Waals surface area contributed by atoms with E-state index in [2.05, 4.69) is 15.6 Å². The fourth-order valence-electron chi connectivity index (χ4n) is 1.87. The molecule has 5 nitrogen and oxygen atoms in total. The first-order chi connectivity index (χ1) is 9.19. The molecule has 104 valence electrons. The van der Waals surface area contributed by atoms with Crippen molar-refractivity contribution in [3.8, 4) is 0 Å². The molecule has 1 heterocycles. The minimum atomic E-state index is -0.488. The molecule has 5 heteroatoms. The highest BCUT2D eigenvalue weighted by Crippen LogP contribution is 2.22. The van der Waals surface area contributed by atoms with Crippen molar-refractivity contribution in [3.63, 3.8) is 0 Å². The summed E-state index contributed by atoms with van der Waals surface area (Å²) in [7, 11) is 0. The molecule has 0 bridgehead atoms. The largest absolute Gasteiger partial charge is 0.391 e. The predicted octanol–water partition coefficient (Wildman–Crippen LogP) is 1.55. The van der Waals surface area contributed by atoms with Crippen LogP contribution in [0.25, 0.3) is 0 Å². The van der Waals surface area contributed by atoms with Gasteiger partial charge in [0.2, 0.25) is 0 Å². The summed E-state index contributed by atoms with van der Waals surface area (Å²) in [5.74, 6) is 0.569. The molecule has 1 amide bonds. The summed E-state index contributed by atoms with van der Waals surface area (Å²) in [6.45, 7) is 2.16. The zero-order chi connectivity index (χ0) is 13.7. The molecule has 1 saturated carbocycles. The van der Waals surface area contributed by atoms with E-state index in [4.69, 9.17) is 0 Å². The molecule has 0 aliphatic heterocycles. The SMILES string of the molecule is CC[C@@H](O)CNC(=O)c1ccnc(NC2CCC2)c1. The molecule has 0 aromatic carbocycles. The zero-order valence-corrected chi connectivity index (χ0v) is 11.2. The maximum absolute atomic E-state index is 11.9. The highest BCUT2D eigenvalue weighted by molar-refractivity contribution is 5.94. The fraction of sp³-hybridized carbons (Fsp3) is 0.571. The third-order valence-electron chi connectivity index (χ3n) is 3.45. The van der Waals surface area contributed by atoms with E-state index in [1.165, 1.54) is 19.3 Å². The van der Waals surface area contributed by atoms with Gasteiger partial charge in [0.05, 0.1) is 6.10 Å². The van der Waals surface area contributed by atoms with Crippen molar-refractivity contribution in [3.05, 3.63) is 23.9 Å². The lowest BCUT2D eigenvalue weighted by Crippen LogP contribution is -2.32. The predicted molar refractivity (Wildman–Crippen MR) is 74.1 cm³/mol. The van der Waals surface area contributed by atoms with Gasteiger partial charge >= 0.3 is 0 Å². The fourth-order valence-corrected chi connectivity index (χ4v) is 1.87. The number of nitrogens with one attached hydrogen (secondary N) is 2. The smallest absolute Gasteiger partial charge is 0.251 e. The number of amides is 1. The average molecular weight is 263 g/mol. The number of aromatic nitrogens is 1. The quantitative estimate of drug-likeness (QED) is 0.728. The molecule has 2 rings (SSSR count). The normalized spacial score (nSPS) is 16.5. The maximum Gasteiger partial charge on any atom is 0.251 e. The van der Waals surface area contributed by atoms with Crippen molar-refractivity contribution in [2.45, 2.75) is 44.8 Å². The summed E-state index contributed by atoms with van der Waals surface area (Å²) in [6.07, 6.45) is 5.37. The molecule has 1 aliphatic carbocycles. The van der Waals surface area contributed by atoms with Gasteiger partial charge in [-0.25, -0.2) is 4.98 Å². The second kappa shape index (κ2) is 6.52. The Morgan fingerprint density at radius 1 is 1.58 bits per heavy atom. The summed E-state index contributed by atoms with van der Waals surface area (Å²) in [6, 6.07) is 3.93. The van der Waals surface area contributed by atoms with Crippen LogP contribution in [0.15, 0.2) is 18.3 Å². The number of aliphatic hydroxyl groups is 1. The third-order valence-corrected chi connectivity index (χ3v) is 3.45. The first kappa shape index (κ1) is 13.8. The van der Waals surface area contributed by atoms with Gasteiger partial charge < -0.3 is 15.7 Å². The van der Waals surface area contributed by atoms with Crippen LogP contribution in [-0.2, 0) is 0 Å². The van der Waals surface area contributed by atoms with Gasteiger partial charge in [0.15, 0.2) is 0 Å². The van der Waals surface area contributed by atoms with Crippen molar-refractivity contribution in [1.82, 2.24) is 10.3 Å². The molecule has 3 N–H and O–H groups in total. The van der Waals surface area contributed by atoms with Gasteiger partial charge in [-0.1, -0.05) is 6.92 Å². The first-order valence-corrected chi connectivity index (χ1v) is 6.88. The van der Waals surface area contributed by atoms with Crippen molar-refractivity contribution >= 4 is 11.7 Å². The van der Waals surface area contributed by atoms with Crippen LogP contribution in [0.5, 0.6) is 0 Å². The van der Waals surface area contributed by atoms with Gasteiger partial charge in [-0.3, -0.25) is 4.79 Å². The Morgan fingerprint density at radius 3 is 3.00 bits per heavy atom. The van der Waals surface area contributed by atoms with Gasteiger partial charge in [-0.05, 0) is 37.8 Å². The molecule has 1 aromatic rings. The van der Waals surface area contributed by atoms with E-state index in [1.807, 2.05) is 6.92 Å². The Morgan fingerprint density at radius 2 is 2.37 bits per heavy atom. The van der Waals surface area contributed by atoms with Crippen molar-refractivity contribution in [2.24, 2.45) is 0 Å². The Balaban J connectivity index is 1.91. The topological polar surface area (TPSA) is 74.2 Å². The van der Waals surface area contributed by atoms with E-state index in [-0.39, 0.29) is 12.5 Å². The molecule has 0 spiro atoms. The minimum absolute atomic E-state index is 0.174.